The molecule has 0 radical (unpaired) electrons. The van der Waals surface area contributed by atoms with Crippen molar-refractivity contribution in [1.82, 2.24) is 20.4 Å². The Balaban J connectivity index is 1.65. The fourth-order valence-electron chi connectivity index (χ4n) is 3.72. The monoisotopic (exact) mass is 370 g/mol. The Hall–Kier alpha value is -2.71. The third kappa shape index (κ3) is 3.22. The van der Waals surface area contributed by atoms with E-state index in [9.17, 15) is 14.7 Å². The molecule has 1 aromatic carbocycles. The summed E-state index contributed by atoms with van der Waals surface area (Å²) in [6, 6.07) is 10.3. The first kappa shape index (κ1) is 17.7. The zero-order valence-corrected chi connectivity index (χ0v) is 15.0. The molecule has 1 saturated carbocycles. The van der Waals surface area contributed by atoms with Gasteiger partial charge in [0.2, 0.25) is 0 Å². The van der Waals surface area contributed by atoms with Gasteiger partial charge < -0.3 is 20.5 Å². The Morgan fingerprint density at radius 2 is 1.96 bits per heavy atom. The third-order valence-corrected chi connectivity index (χ3v) is 5.33. The lowest BCUT2D eigenvalue weighted by Crippen LogP contribution is -2.33. The van der Waals surface area contributed by atoms with Crippen LogP contribution in [0.4, 0.5) is 0 Å². The molecule has 8 nitrogen and oxygen atoms in total. The number of carbonyl (C=O) groups excluding carboxylic acids is 2. The smallest absolute Gasteiger partial charge is 0.271 e. The number of carbonyl (C=O) groups is 2. The van der Waals surface area contributed by atoms with Crippen molar-refractivity contribution < 1.29 is 19.4 Å². The van der Waals surface area contributed by atoms with Crippen molar-refractivity contribution in [3.05, 3.63) is 53.3 Å². The molecule has 2 aliphatic rings. The lowest BCUT2D eigenvalue weighted by molar-refractivity contribution is 0.0912. The summed E-state index contributed by atoms with van der Waals surface area (Å²) >= 11 is 0. The summed E-state index contributed by atoms with van der Waals surface area (Å²) in [7, 11) is 1.51. The number of amides is 2. The highest BCUT2D eigenvalue weighted by Crippen LogP contribution is 2.44. The highest BCUT2D eigenvalue weighted by atomic mass is 16.5. The molecule has 1 aromatic heterocycles. The van der Waals surface area contributed by atoms with E-state index in [1.54, 1.807) is 0 Å². The van der Waals surface area contributed by atoms with Crippen LogP contribution in [0.1, 0.15) is 32.6 Å². The standard InChI is InChI=1S/C19H22N4O4/c1-20-18(25)14-7-15(19(26)21-17-12-9-27-10-13(12)17)23(22-14)16(8-24)11-5-3-2-4-6-11/h2-7,12-13,16-17,24H,8-10H2,1H3,(H,20,25)(H,21,26)/t12-,13+,16-,17?/m0/s1. The largest absolute Gasteiger partial charge is 0.394 e. The summed E-state index contributed by atoms with van der Waals surface area (Å²) in [5.41, 5.74) is 1.19. The number of fused-ring (bicyclic) bond motifs is 1. The van der Waals surface area contributed by atoms with Gasteiger partial charge >= 0.3 is 0 Å². The van der Waals surface area contributed by atoms with E-state index < -0.39 is 6.04 Å². The zero-order chi connectivity index (χ0) is 19.0. The van der Waals surface area contributed by atoms with E-state index in [-0.39, 0.29) is 35.9 Å². The summed E-state index contributed by atoms with van der Waals surface area (Å²) in [6.07, 6.45) is 0. The van der Waals surface area contributed by atoms with Crippen molar-refractivity contribution in [2.45, 2.75) is 12.1 Å². The molecule has 2 heterocycles. The van der Waals surface area contributed by atoms with E-state index in [2.05, 4.69) is 15.7 Å². The van der Waals surface area contributed by atoms with Crippen LogP contribution in [0.25, 0.3) is 0 Å². The van der Waals surface area contributed by atoms with E-state index in [1.165, 1.54) is 17.8 Å². The van der Waals surface area contributed by atoms with Gasteiger partial charge in [-0.15, -0.1) is 0 Å². The summed E-state index contributed by atoms with van der Waals surface area (Å²) in [4.78, 5) is 24.9. The number of aromatic nitrogens is 2. The Morgan fingerprint density at radius 1 is 1.26 bits per heavy atom. The van der Waals surface area contributed by atoms with Crippen molar-refractivity contribution >= 4 is 11.8 Å². The molecule has 0 bridgehead atoms. The fourth-order valence-corrected chi connectivity index (χ4v) is 3.72. The van der Waals surface area contributed by atoms with Crippen molar-refractivity contribution in [3.8, 4) is 0 Å². The number of hydrogen-bond donors (Lipinski definition) is 3. The molecule has 1 aliphatic carbocycles. The van der Waals surface area contributed by atoms with Gasteiger partial charge in [-0.1, -0.05) is 30.3 Å². The van der Waals surface area contributed by atoms with Gasteiger partial charge in [-0.25, -0.2) is 4.68 Å². The molecule has 4 atom stereocenters. The SMILES string of the molecule is CNC(=O)c1cc(C(=O)NC2[C@H]3COC[C@@H]23)n([C@@H](CO)c2ccccc2)n1. The first-order chi connectivity index (χ1) is 13.1. The molecule has 3 N–H and O–H groups in total. The second-order valence-corrected chi connectivity index (χ2v) is 6.91. The highest BCUT2D eigenvalue weighted by molar-refractivity contribution is 5.98. The van der Waals surface area contributed by atoms with E-state index in [0.29, 0.717) is 25.0 Å². The van der Waals surface area contributed by atoms with Crippen LogP contribution in [0.3, 0.4) is 0 Å². The maximum Gasteiger partial charge on any atom is 0.271 e. The molecule has 2 fully saturated rings. The molecule has 2 amide bonds. The van der Waals surface area contributed by atoms with Crippen LogP contribution in [-0.2, 0) is 4.74 Å². The lowest BCUT2D eigenvalue weighted by Gasteiger charge is -2.18. The summed E-state index contributed by atoms with van der Waals surface area (Å²) < 4.78 is 6.79. The minimum atomic E-state index is -0.563. The number of aliphatic hydroxyl groups excluding tert-OH is 1. The second kappa shape index (κ2) is 7.13. The number of benzene rings is 1. The molecule has 0 spiro atoms. The van der Waals surface area contributed by atoms with Crippen LogP contribution in [0.15, 0.2) is 36.4 Å². The van der Waals surface area contributed by atoms with Gasteiger partial charge in [0.25, 0.3) is 11.8 Å². The van der Waals surface area contributed by atoms with Gasteiger partial charge in [-0.2, -0.15) is 5.10 Å². The van der Waals surface area contributed by atoms with E-state index in [1.807, 2.05) is 30.3 Å². The molecular weight excluding hydrogens is 348 g/mol. The van der Waals surface area contributed by atoms with Gasteiger partial charge in [0.05, 0.1) is 19.8 Å². The average molecular weight is 370 g/mol. The Kier molecular flexibility index (Phi) is 4.67. The summed E-state index contributed by atoms with van der Waals surface area (Å²) in [5.74, 6) is 0.0497. The van der Waals surface area contributed by atoms with Crippen LogP contribution in [0, 0.1) is 11.8 Å². The minimum Gasteiger partial charge on any atom is -0.394 e. The van der Waals surface area contributed by atoms with E-state index in [0.717, 1.165) is 5.56 Å². The van der Waals surface area contributed by atoms with Crippen molar-refractivity contribution in [3.63, 3.8) is 0 Å². The van der Waals surface area contributed by atoms with Crippen LogP contribution in [-0.4, -0.2) is 59.6 Å². The van der Waals surface area contributed by atoms with Crippen LogP contribution in [0.2, 0.25) is 0 Å². The Labute approximate surface area is 156 Å². The normalized spacial score (nSPS) is 24.1. The number of nitrogens with one attached hydrogen (secondary N) is 2. The maximum absolute atomic E-state index is 12.9. The van der Waals surface area contributed by atoms with E-state index in [4.69, 9.17) is 4.74 Å². The summed E-state index contributed by atoms with van der Waals surface area (Å²) in [6.45, 7) is 1.09. The Morgan fingerprint density at radius 3 is 2.59 bits per heavy atom. The second-order valence-electron chi connectivity index (χ2n) is 6.91. The van der Waals surface area contributed by atoms with Crippen LogP contribution in [0.5, 0.6) is 0 Å². The van der Waals surface area contributed by atoms with Gasteiger partial charge in [0.1, 0.15) is 11.7 Å². The first-order valence-corrected chi connectivity index (χ1v) is 9.00. The van der Waals surface area contributed by atoms with Gasteiger partial charge in [-0.05, 0) is 5.56 Å². The van der Waals surface area contributed by atoms with E-state index >= 15 is 0 Å². The number of rotatable bonds is 6. The van der Waals surface area contributed by atoms with Gasteiger partial charge in [0, 0.05) is 31.0 Å². The molecule has 2 aromatic rings. The van der Waals surface area contributed by atoms with Crippen molar-refractivity contribution in [2.75, 3.05) is 26.9 Å². The topological polar surface area (TPSA) is 105 Å². The molecule has 8 heteroatoms. The number of hydrogen-bond acceptors (Lipinski definition) is 5. The van der Waals surface area contributed by atoms with Crippen LogP contribution < -0.4 is 10.6 Å². The highest BCUT2D eigenvalue weighted by Gasteiger charge is 2.55. The molecule has 27 heavy (non-hydrogen) atoms. The molecule has 4 rings (SSSR count). The zero-order valence-electron chi connectivity index (χ0n) is 15.0. The molecule has 1 unspecified atom stereocenters. The number of aliphatic hydroxyl groups is 1. The predicted molar refractivity (Wildman–Crippen MR) is 96.3 cm³/mol. The minimum absolute atomic E-state index is 0.0994. The van der Waals surface area contributed by atoms with Crippen molar-refractivity contribution in [2.24, 2.45) is 11.8 Å². The number of ether oxygens (including phenoxy) is 1. The Bertz CT molecular complexity index is 841. The van der Waals surface area contributed by atoms with Gasteiger partial charge in [-0.3, -0.25) is 9.59 Å². The molecular formula is C19H22N4O4. The molecule has 1 aliphatic heterocycles. The molecule has 1 saturated heterocycles. The molecule has 142 valence electrons. The maximum atomic E-state index is 12.9. The van der Waals surface area contributed by atoms with Crippen LogP contribution >= 0.6 is 0 Å². The van der Waals surface area contributed by atoms with Crippen molar-refractivity contribution in [1.29, 1.82) is 0 Å². The third-order valence-electron chi connectivity index (χ3n) is 5.33. The lowest BCUT2D eigenvalue weighted by atomic mass is 10.1. The first-order valence-electron chi connectivity index (χ1n) is 9.00. The average Bonchev–Trinajstić information content (AvgIpc) is 3.09. The number of nitrogens with zero attached hydrogens (tertiary/aromatic N) is 2. The fraction of sp³-hybridized carbons (Fsp3) is 0.421. The quantitative estimate of drug-likeness (QED) is 0.674. The summed E-state index contributed by atoms with van der Waals surface area (Å²) in [5, 5.41) is 19.8. The van der Waals surface area contributed by atoms with Gasteiger partial charge in [0.15, 0.2) is 5.69 Å². The predicted octanol–water partition coefficient (Wildman–Crippen LogP) is 0.199.